The Hall–Kier alpha value is -2.58. The van der Waals surface area contributed by atoms with Gasteiger partial charge < -0.3 is 15.2 Å². The first kappa shape index (κ1) is 16.3. The number of aromatic amines is 1. The number of benzene rings is 1. The average molecular weight is 340 g/mol. The SMILES string of the molecule is Cc1nc2ccc(NC(=O)C3CCCN3C(=O)C(F)(F)F)cc2[nH]1. The van der Waals surface area contributed by atoms with Gasteiger partial charge in [0.25, 0.3) is 0 Å². The Balaban J connectivity index is 1.76. The minimum Gasteiger partial charge on any atom is -0.342 e. The zero-order valence-corrected chi connectivity index (χ0v) is 12.8. The number of halogens is 3. The van der Waals surface area contributed by atoms with Gasteiger partial charge in [0.1, 0.15) is 11.9 Å². The second-order valence-corrected chi connectivity index (χ2v) is 5.70. The molecule has 1 atom stereocenters. The zero-order chi connectivity index (χ0) is 17.5. The van der Waals surface area contributed by atoms with E-state index in [4.69, 9.17) is 0 Å². The van der Waals surface area contributed by atoms with Crippen molar-refractivity contribution in [2.45, 2.75) is 32.0 Å². The number of hydrogen-bond acceptors (Lipinski definition) is 3. The maximum absolute atomic E-state index is 12.6. The highest BCUT2D eigenvalue weighted by Gasteiger charge is 2.47. The molecule has 2 amide bonds. The highest BCUT2D eigenvalue weighted by Crippen LogP contribution is 2.26. The van der Waals surface area contributed by atoms with Crippen molar-refractivity contribution in [3.63, 3.8) is 0 Å². The van der Waals surface area contributed by atoms with E-state index in [1.54, 1.807) is 25.1 Å². The van der Waals surface area contributed by atoms with Crippen molar-refractivity contribution >= 4 is 28.5 Å². The second-order valence-electron chi connectivity index (χ2n) is 5.70. The van der Waals surface area contributed by atoms with Crippen molar-refractivity contribution in [3.8, 4) is 0 Å². The predicted octanol–water partition coefficient (Wildman–Crippen LogP) is 2.36. The number of aryl methyl sites for hydroxylation is 1. The summed E-state index contributed by atoms with van der Waals surface area (Å²) in [6.07, 6.45) is -4.41. The number of alkyl halides is 3. The van der Waals surface area contributed by atoms with E-state index in [2.05, 4.69) is 15.3 Å². The number of amides is 2. The van der Waals surface area contributed by atoms with Crippen LogP contribution in [0.2, 0.25) is 0 Å². The summed E-state index contributed by atoms with van der Waals surface area (Å²) in [4.78, 5) is 31.6. The van der Waals surface area contributed by atoms with Gasteiger partial charge in [-0.25, -0.2) is 4.98 Å². The minimum atomic E-state index is -4.98. The highest BCUT2D eigenvalue weighted by molar-refractivity contribution is 5.99. The number of imidazole rings is 1. The van der Waals surface area contributed by atoms with Crippen LogP contribution in [0.3, 0.4) is 0 Å². The van der Waals surface area contributed by atoms with Crippen molar-refractivity contribution in [1.29, 1.82) is 0 Å². The number of likely N-dealkylation sites (tertiary alicyclic amines) is 1. The molecular weight excluding hydrogens is 325 g/mol. The van der Waals surface area contributed by atoms with Crippen LogP contribution in [0.25, 0.3) is 11.0 Å². The van der Waals surface area contributed by atoms with Crippen LogP contribution in [0.1, 0.15) is 18.7 Å². The van der Waals surface area contributed by atoms with E-state index in [1.165, 1.54) is 0 Å². The summed E-state index contributed by atoms with van der Waals surface area (Å²) in [5, 5.41) is 2.57. The van der Waals surface area contributed by atoms with E-state index in [1.807, 2.05) is 0 Å². The van der Waals surface area contributed by atoms with Crippen LogP contribution in [0.15, 0.2) is 18.2 Å². The second kappa shape index (κ2) is 5.81. The number of nitrogens with one attached hydrogen (secondary N) is 2. The lowest BCUT2D eigenvalue weighted by atomic mass is 10.2. The Kier molecular flexibility index (Phi) is 3.94. The standard InChI is InChI=1S/C15H15F3N4O2/c1-8-19-10-5-4-9(7-11(10)20-8)21-13(23)12-3-2-6-22(12)14(24)15(16,17)18/h4-5,7,12H,2-3,6H2,1H3,(H,19,20)(H,21,23). The molecule has 0 aliphatic carbocycles. The Bertz CT molecular complexity index is 800. The first-order valence-electron chi connectivity index (χ1n) is 7.41. The van der Waals surface area contributed by atoms with Crippen LogP contribution < -0.4 is 5.32 Å². The number of anilines is 1. The normalized spacial score (nSPS) is 18.2. The van der Waals surface area contributed by atoms with E-state index in [-0.39, 0.29) is 13.0 Å². The molecule has 0 spiro atoms. The first-order valence-corrected chi connectivity index (χ1v) is 7.41. The third kappa shape index (κ3) is 3.06. The summed E-state index contributed by atoms with van der Waals surface area (Å²) < 4.78 is 37.8. The van der Waals surface area contributed by atoms with Gasteiger partial charge in [-0.05, 0) is 38.0 Å². The van der Waals surface area contributed by atoms with Gasteiger partial charge in [-0.15, -0.1) is 0 Å². The molecule has 9 heteroatoms. The zero-order valence-electron chi connectivity index (χ0n) is 12.8. The van der Waals surface area contributed by atoms with Crippen molar-refractivity contribution in [3.05, 3.63) is 24.0 Å². The molecule has 6 nitrogen and oxygen atoms in total. The smallest absolute Gasteiger partial charge is 0.342 e. The van der Waals surface area contributed by atoms with Crippen molar-refractivity contribution in [1.82, 2.24) is 14.9 Å². The van der Waals surface area contributed by atoms with Crippen LogP contribution in [0, 0.1) is 6.92 Å². The van der Waals surface area contributed by atoms with E-state index in [0.29, 0.717) is 28.3 Å². The number of nitrogens with zero attached hydrogens (tertiary/aromatic N) is 2. The summed E-state index contributed by atoms with van der Waals surface area (Å²) in [5.41, 5.74) is 1.86. The highest BCUT2D eigenvalue weighted by atomic mass is 19.4. The van der Waals surface area contributed by atoms with Crippen molar-refractivity contribution in [2.75, 3.05) is 11.9 Å². The number of carbonyl (C=O) groups is 2. The molecule has 0 saturated carbocycles. The van der Waals surface area contributed by atoms with E-state index >= 15 is 0 Å². The molecule has 1 fully saturated rings. The summed E-state index contributed by atoms with van der Waals surface area (Å²) in [7, 11) is 0. The fraction of sp³-hybridized carbons (Fsp3) is 0.400. The third-order valence-corrected chi connectivity index (χ3v) is 3.93. The van der Waals surface area contributed by atoms with Crippen LogP contribution in [0.5, 0.6) is 0 Å². The maximum atomic E-state index is 12.6. The molecule has 1 aliphatic heterocycles. The number of fused-ring (bicyclic) bond motifs is 1. The molecular formula is C15H15F3N4O2. The number of carbonyl (C=O) groups excluding carboxylic acids is 2. The van der Waals surface area contributed by atoms with Crippen LogP contribution in [-0.2, 0) is 9.59 Å². The molecule has 3 rings (SSSR count). The predicted molar refractivity (Wildman–Crippen MR) is 80.3 cm³/mol. The molecule has 1 saturated heterocycles. The Morgan fingerprint density at radius 3 is 2.83 bits per heavy atom. The van der Waals surface area contributed by atoms with Gasteiger partial charge >= 0.3 is 12.1 Å². The van der Waals surface area contributed by atoms with Gasteiger partial charge in [0.2, 0.25) is 5.91 Å². The average Bonchev–Trinajstić information content (AvgIpc) is 3.10. The molecule has 128 valence electrons. The number of aromatic nitrogens is 2. The Labute approximate surface area is 135 Å². The van der Waals surface area contributed by atoms with Crippen molar-refractivity contribution in [2.24, 2.45) is 0 Å². The van der Waals surface area contributed by atoms with E-state index in [9.17, 15) is 22.8 Å². The van der Waals surface area contributed by atoms with Gasteiger partial charge in [0.15, 0.2) is 0 Å². The van der Waals surface area contributed by atoms with E-state index < -0.39 is 24.0 Å². The van der Waals surface area contributed by atoms with Gasteiger partial charge in [0.05, 0.1) is 11.0 Å². The molecule has 2 aromatic rings. The monoisotopic (exact) mass is 340 g/mol. The lowest BCUT2D eigenvalue weighted by Crippen LogP contribution is -2.48. The van der Waals surface area contributed by atoms with Gasteiger partial charge in [-0.2, -0.15) is 13.2 Å². The number of hydrogen-bond donors (Lipinski definition) is 2. The molecule has 2 N–H and O–H groups in total. The van der Waals surface area contributed by atoms with Crippen molar-refractivity contribution < 1.29 is 22.8 Å². The molecule has 1 aliphatic rings. The number of rotatable bonds is 2. The maximum Gasteiger partial charge on any atom is 0.471 e. The van der Waals surface area contributed by atoms with E-state index in [0.717, 1.165) is 5.52 Å². The molecule has 0 radical (unpaired) electrons. The summed E-state index contributed by atoms with van der Waals surface area (Å²) in [5.74, 6) is -1.88. The first-order chi connectivity index (χ1) is 11.3. The van der Waals surface area contributed by atoms with Gasteiger partial charge in [-0.3, -0.25) is 9.59 Å². The largest absolute Gasteiger partial charge is 0.471 e. The molecule has 24 heavy (non-hydrogen) atoms. The van der Waals surface area contributed by atoms with Gasteiger partial charge in [0, 0.05) is 12.2 Å². The Morgan fingerprint density at radius 2 is 2.12 bits per heavy atom. The molecule has 1 aromatic carbocycles. The summed E-state index contributed by atoms with van der Waals surface area (Å²) in [6.45, 7) is 1.71. The molecule has 2 heterocycles. The topological polar surface area (TPSA) is 78.1 Å². The molecule has 1 unspecified atom stereocenters. The fourth-order valence-corrected chi connectivity index (χ4v) is 2.89. The third-order valence-electron chi connectivity index (χ3n) is 3.93. The Morgan fingerprint density at radius 1 is 1.38 bits per heavy atom. The van der Waals surface area contributed by atoms with Crippen LogP contribution in [0.4, 0.5) is 18.9 Å². The molecule has 1 aromatic heterocycles. The fourth-order valence-electron chi connectivity index (χ4n) is 2.89. The molecule has 0 bridgehead atoms. The van der Waals surface area contributed by atoms with Gasteiger partial charge in [-0.1, -0.05) is 0 Å². The minimum absolute atomic E-state index is 0.0742. The number of H-pyrrole nitrogens is 1. The quantitative estimate of drug-likeness (QED) is 0.881. The van der Waals surface area contributed by atoms with Crippen LogP contribution >= 0.6 is 0 Å². The van der Waals surface area contributed by atoms with Crippen LogP contribution in [-0.4, -0.2) is 45.4 Å². The summed E-state index contributed by atoms with van der Waals surface area (Å²) >= 11 is 0. The lowest BCUT2D eigenvalue weighted by Gasteiger charge is -2.24. The lowest BCUT2D eigenvalue weighted by molar-refractivity contribution is -0.186. The summed E-state index contributed by atoms with van der Waals surface area (Å²) in [6, 6.07) is 3.85.